The van der Waals surface area contributed by atoms with E-state index in [-0.39, 0.29) is 15.7 Å². The van der Waals surface area contributed by atoms with Gasteiger partial charge in [0.25, 0.3) is 0 Å². The van der Waals surface area contributed by atoms with Gasteiger partial charge < -0.3 is 5.73 Å². The zero-order chi connectivity index (χ0) is 14.3. The first kappa shape index (κ1) is 13.8. The quantitative estimate of drug-likeness (QED) is 0.915. The minimum absolute atomic E-state index is 0.0227. The number of thiophene rings is 1. The highest BCUT2D eigenvalue weighted by molar-refractivity contribution is 7.89. The highest BCUT2D eigenvalue weighted by Crippen LogP contribution is 2.30. The molecule has 0 saturated heterocycles. The fourth-order valence-electron chi connectivity index (χ4n) is 2.20. The number of nitrogen functional groups attached to an aromatic ring is 1. The van der Waals surface area contributed by atoms with Crippen molar-refractivity contribution in [3.8, 4) is 0 Å². The van der Waals surface area contributed by atoms with Crippen LogP contribution in [0.2, 0.25) is 5.02 Å². The summed E-state index contributed by atoms with van der Waals surface area (Å²) in [5, 5.41) is 2.24. The molecular formula is C12H12ClN3O2S2. The van der Waals surface area contributed by atoms with Gasteiger partial charge in [-0.2, -0.15) is 4.31 Å². The average Bonchev–Trinajstić information content (AvgIpc) is 2.88. The maximum Gasteiger partial charge on any atom is 0.247 e. The van der Waals surface area contributed by atoms with Gasteiger partial charge in [0.05, 0.1) is 5.02 Å². The summed E-state index contributed by atoms with van der Waals surface area (Å²) in [5.41, 5.74) is 6.74. The van der Waals surface area contributed by atoms with Crippen molar-refractivity contribution in [1.82, 2.24) is 9.29 Å². The van der Waals surface area contributed by atoms with Gasteiger partial charge in [-0.1, -0.05) is 11.6 Å². The molecule has 106 valence electrons. The van der Waals surface area contributed by atoms with Crippen LogP contribution in [0, 0.1) is 0 Å². The van der Waals surface area contributed by atoms with Gasteiger partial charge in [-0.05, 0) is 29.5 Å². The fourth-order valence-corrected chi connectivity index (χ4v) is 4.83. The minimum atomic E-state index is -3.67. The number of anilines is 1. The number of hydrogen-bond donors (Lipinski definition) is 1. The van der Waals surface area contributed by atoms with Crippen LogP contribution in [0.25, 0.3) is 0 Å². The first-order valence-corrected chi connectivity index (χ1v) is 8.64. The fraction of sp³-hybridized carbons (Fsp3) is 0.250. The maximum atomic E-state index is 12.6. The van der Waals surface area contributed by atoms with Gasteiger partial charge in [0, 0.05) is 24.2 Å². The number of nitrogens with zero attached hydrogens (tertiary/aromatic N) is 2. The molecule has 0 spiro atoms. The second-order valence-electron chi connectivity index (χ2n) is 4.49. The first-order valence-electron chi connectivity index (χ1n) is 5.95. The third kappa shape index (κ3) is 2.31. The van der Waals surface area contributed by atoms with E-state index in [1.807, 2.05) is 11.4 Å². The van der Waals surface area contributed by atoms with Crippen LogP contribution in [-0.2, 0) is 23.0 Å². The Bertz CT molecular complexity index is 758. The van der Waals surface area contributed by atoms with Crippen molar-refractivity contribution < 1.29 is 8.42 Å². The molecule has 3 heterocycles. The highest BCUT2D eigenvalue weighted by Gasteiger charge is 2.30. The highest BCUT2D eigenvalue weighted by atomic mass is 35.5. The summed E-state index contributed by atoms with van der Waals surface area (Å²) < 4.78 is 26.7. The molecule has 0 bridgehead atoms. The Kier molecular flexibility index (Phi) is 3.45. The standard InChI is InChI=1S/C12H12ClN3O2S2/c13-9-5-11(12(14)15-6-9)20(17,18)16-3-1-10-8(7-16)2-4-19-10/h2,4-6H,1,3,7H2,(H2,14,15). The van der Waals surface area contributed by atoms with Gasteiger partial charge in [0.15, 0.2) is 0 Å². The second kappa shape index (κ2) is 5.00. The Morgan fingerprint density at radius 3 is 3.05 bits per heavy atom. The predicted octanol–water partition coefficient (Wildman–Crippen LogP) is 2.13. The molecule has 1 aliphatic rings. The molecule has 0 radical (unpaired) electrons. The third-order valence-corrected chi connectivity index (χ3v) is 6.34. The third-order valence-electron chi connectivity index (χ3n) is 3.24. The van der Waals surface area contributed by atoms with E-state index in [1.54, 1.807) is 11.3 Å². The van der Waals surface area contributed by atoms with E-state index in [1.165, 1.54) is 21.4 Å². The average molecular weight is 330 g/mol. The van der Waals surface area contributed by atoms with E-state index < -0.39 is 10.0 Å². The van der Waals surface area contributed by atoms with Gasteiger partial charge >= 0.3 is 0 Å². The summed E-state index contributed by atoms with van der Waals surface area (Å²) in [6.45, 7) is 0.814. The zero-order valence-corrected chi connectivity index (χ0v) is 12.8. The normalized spacial score (nSPS) is 16.1. The molecule has 2 aromatic heterocycles. The molecule has 0 amide bonds. The van der Waals surface area contributed by atoms with Crippen LogP contribution in [0.4, 0.5) is 5.82 Å². The molecule has 0 saturated carbocycles. The molecule has 0 aromatic carbocycles. The van der Waals surface area contributed by atoms with Crippen molar-refractivity contribution in [2.75, 3.05) is 12.3 Å². The van der Waals surface area contributed by atoms with Crippen molar-refractivity contribution >= 4 is 38.8 Å². The smallest absolute Gasteiger partial charge is 0.247 e. The molecular weight excluding hydrogens is 318 g/mol. The number of nitrogens with two attached hydrogens (primary N) is 1. The van der Waals surface area contributed by atoms with E-state index in [2.05, 4.69) is 4.98 Å². The molecule has 0 fully saturated rings. The van der Waals surface area contributed by atoms with Crippen LogP contribution in [0.1, 0.15) is 10.4 Å². The molecule has 0 atom stereocenters. The summed E-state index contributed by atoms with van der Waals surface area (Å²) in [5.74, 6) is -0.0227. The summed E-state index contributed by atoms with van der Waals surface area (Å²) in [6.07, 6.45) is 2.06. The molecule has 20 heavy (non-hydrogen) atoms. The molecule has 2 aromatic rings. The van der Waals surface area contributed by atoms with Gasteiger partial charge in [-0.15, -0.1) is 11.3 Å². The van der Waals surface area contributed by atoms with Gasteiger partial charge in [-0.3, -0.25) is 0 Å². The number of hydrogen-bond acceptors (Lipinski definition) is 5. The molecule has 2 N–H and O–H groups in total. The minimum Gasteiger partial charge on any atom is -0.383 e. The molecule has 3 rings (SSSR count). The Morgan fingerprint density at radius 1 is 1.45 bits per heavy atom. The van der Waals surface area contributed by atoms with E-state index in [0.29, 0.717) is 13.1 Å². The largest absolute Gasteiger partial charge is 0.383 e. The molecule has 0 aliphatic carbocycles. The Hall–Kier alpha value is -1.15. The maximum absolute atomic E-state index is 12.6. The Labute approximate surface area is 126 Å². The molecule has 5 nitrogen and oxygen atoms in total. The Balaban J connectivity index is 1.99. The van der Waals surface area contributed by atoms with Gasteiger partial charge in [-0.25, -0.2) is 13.4 Å². The summed E-state index contributed by atoms with van der Waals surface area (Å²) in [7, 11) is -3.67. The van der Waals surface area contributed by atoms with E-state index >= 15 is 0 Å². The molecule has 1 aliphatic heterocycles. The molecule has 8 heteroatoms. The number of aromatic nitrogens is 1. The predicted molar refractivity (Wildman–Crippen MR) is 79.3 cm³/mol. The molecule has 0 unspecified atom stereocenters. The van der Waals surface area contributed by atoms with Crippen LogP contribution in [0.3, 0.4) is 0 Å². The number of rotatable bonds is 2. The van der Waals surface area contributed by atoms with Crippen molar-refractivity contribution in [2.45, 2.75) is 17.9 Å². The lowest BCUT2D eigenvalue weighted by molar-refractivity contribution is 0.394. The van der Waals surface area contributed by atoms with Crippen molar-refractivity contribution in [2.24, 2.45) is 0 Å². The van der Waals surface area contributed by atoms with Gasteiger partial charge in [0.1, 0.15) is 10.7 Å². The van der Waals surface area contributed by atoms with Crippen molar-refractivity contribution in [3.05, 3.63) is 39.2 Å². The summed E-state index contributed by atoms with van der Waals surface area (Å²) in [4.78, 5) is 5.04. The number of pyridine rings is 1. The van der Waals surface area contributed by atoms with E-state index in [0.717, 1.165) is 12.0 Å². The topological polar surface area (TPSA) is 76.3 Å². The van der Waals surface area contributed by atoms with Crippen molar-refractivity contribution in [1.29, 1.82) is 0 Å². The Morgan fingerprint density at radius 2 is 2.25 bits per heavy atom. The summed E-state index contributed by atoms with van der Waals surface area (Å²) in [6, 6.07) is 3.31. The second-order valence-corrected chi connectivity index (χ2v) is 7.84. The van der Waals surface area contributed by atoms with Crippen LogP contribution in [-0.4, -0.2) is 24.3 Å². The SMILES string of the molecule is Nc1ncc(Cl)cc1S(=O)(=O)N1CCc2sccc2C1. The lowest BCUT2D eigenvalue weighted by Gasteiger charge is -2.26. The zero-order valence-electron chi connectivity index (χ0n) is 10.4. The number of halogens is 1. The number of fused-ring (bicyclic) bond motifs is 1. The lowest BCUT2D eigenvalue weighted by Crippen LogP contribution is -2.35. The van der Waals surface area contributed by atoms with Crippen LogP contribution < -0.4 is 5.73 Å². The first-order chi connectivity index (χ1) is 9.48. The van der Waals surface area contributed by atoms with Crippen LogP contribution >= 0.6 is 22.9 Å². The number of sulfonamides is 1. The monoisotopic (exact) mass is 329 g/mol. The van der Waals surface area contributed by atoms with Crippen LogP contribution in [0.5, 0.6) is 0 Å². The van der Waals surface area contributed by atoms with Gasteiger partial charge in [0.2, 0.25) is 10.0 Å². The van der Waals surface area contributed by atoms with E-state index in [9.17, 15) is 8.42 Å². The van der Waals surface area contributed by atoms with E-state index in [4.69, 9.17) is 17.3 Å². The van der Waals surface area contributed by atoms with Crippen molar-refractivity contribution in [3.63, 3.8) is 0 Å². The summed E-state index contributed by atoms with van der Waals surface area (Å²) >= 11 is 7.49. The lowest BCUT2D eigenvalue weighted by atomic mass is 10.1. The van der Waals surface area contributed by atoms with Crippen LogP contribution in [0.15, 0.2) is 28.6 Å².